The summed E-state index contributed by atoms with van der Waals surface area (Å²) < 4.78 is 18.8. The molecule has 0 aromatic heterocycles. The Morgan fingerprint density at radius 2 is 1.84 bits per heavy atom. The minimum atomic E-state index is -0.441. The number of likely N-dealkylation sites (tertiary alicyclic amines) is 1. The van der Waals surface area contributed by atoms with Crippen LogP contribution in [-0.2, 0) is 20.9 Å². The highest BCUT2D eigenvalue weighted by Crippen LogP contribution is 2.24. The number of morpholine rings is 1. The number of halogens is 1. The van der Waals surface area contributed by atoms with Gasteiger partial charge in [0.1, 0.15) is 11.9 Å². The average Bonchev–Trinajstić information content (AvgIpc) is 2.57. The average molecular weight is 348 g/mol. The lowest BCUT2D eigenvalue weighted by molar-refractivity contribution is -0.156. The Kier molecular flexibility index (Phi) is 5.37. The number of piperidine rings is 1. The molecular weight excluding hydrogens is 323 g/mol. The molecule has 0 radical (unpaired) electrons. The largest absolute Gasteiger partial charge is 0.372 e. The lowest BCUT2D eigenvalue weighted by Gasteiger charge is -2.41. The zero-order valence-corrected chi connectivity index (χ0v) is 14.8. The Morgan fingerprint density at radius 3 is 2.48 bits per heavy atom. The summed E-state index contributed by atoms with van der Waals surface area (Å²) in [7, 11) is 0. The molecular formula is C19H25FN2O3. The van der Waals surface area contributed by atoms with Crippen LogP contribution in [0.25, 0.3) is 0 Å². The molecule has 3 atom stereocenters. The van der Waals surface area contributed by atoms with Crippen LogP contribution in [0.15, 0.2) is 24.3 Å². The van der Waals surface area contributed by atoms with Gasteiger partial charge in [0.15, 0.2) is 0 Å². The molecule has 2 saturated heterocycles. The first-order valence-electron chi connectivity index (χ1n) is 8.92. The Balaban J connectivity index is 1.75. The van der Waals surface area contributed by atoms with Crippen molar-refractivity contribution >= 4 is 11.8 Å². The van der Waals surface area contributed by atoms with Gasteiger partial charge >= 0.3 is 0 Å². The van der Waals surface area contributed by atoms with Gasteiger partial charge in [0, 0.05) is 26.1 Å². The molecule has 6 heteroatoms. The van der Waals surface area contributed by atoms with Crippen molar-refractivity contribution in [3.05, 3.63) is 35.6 Å². The third kappa shape index (κ3) is 4.18. The molecule has 136 valence electrons. The second kappa shape index (κ2) is 7.52. The summed E-state index contributed by atoms with van der Waals surface area (Å²) in [5.41, 5.74) is 0.832. The van der Waals surface area contributed by atoms with Crippen LogP contribution in [0, 0.1) is 5.82 Å². The van der Waals surface area contributed by atoms with Crippen LogP contribution in [-0.4, -0.2) is 53.0 Å². The van der Waals surface area contributed by atoms with Crippen LogP contribution < -0.4 is 0 Å². The quantitative estimate of drug-likeness (QED) is 0.842. The minimum Gasteiger partial charge on any atom is -0.372 e. The molecule has 0 spiro atoms. The molecule has 3 unspecified atom stereocenters. The molecule has 2 aliphatic heterocycles. The SMILES string of the molecule is CC1CN(C(=O)C2CCCC(=O)N2Cc2ccc(F)cc2)CC(C)O1. The number of ether oxygens (including phenoxy) is 1. The van der Waals surface area contributed by atoms with Crippen LogP contribution >= 0.6 is 0 Å². The molecule has 2 fully saturated rings. The van der Waals surface area contributed by atoms with E-state index in [1.807, 2.05) is 18.7 Å². The maximum atomic E-state index is 13.1. The zero-order chi connectivity index (χ0) is 18.0. The summed E-state index contributed by atoms with van der Waals surface area (Å²) in [5, 5.41) is 0. The number of carbonyl (C=O) groups excluding carboxylic acids is 2. The highest BCUT2D eigenvalue weighted by molar-refractivity contribution is 5.89. The van der Waals surface area contributed by atoms with Gasteiger partial charge in [0.05, 0.1) is 12.2 Å². The summed E-state index contributed by atoms with van der Waals surface area (Å²) in [6.45, 7) is 5.36. The van der Waals surface area contributed by atoms with E-state index in [-0.39, 0.29) is 29.8 Å². The van der Waals surface area contributed by atoms with E-state index in [0.29, 0.717) is 32.5 Å². The number of nitrogens with zero attached hydrogens (tertiary/aromatic N) is 2. The van der Waals surface area contributed by atoms with E-state index in [4.69, 9.17) is 4.74 Å². The smallest absolute Gasteiger partial charge is 0.245 e. The first-order valence-corrected chi connectivity index (χ1v) is 8.92. The predicted octanol–water partition coefficient (Wildman–Crippen LogP) is 2.34. The maximum Gasteiger partial charge on any atom is 0.245 e. The van der Waals surface area contributed by atoms with Crippen LogP contribution in [0.2, 0.25) is 0 Å². The molecule has 1 aromatic rings. The topological polar surface area (TPSA) is 49.9 Å². The van der Waals surface area contributed by atoms with Crippen molar-refractivity contribution in [2.45, 2.75) is 57.9 Å². The molecule has 0 aliphatic carbocycles. The van der Waals surface area contributed by atoms with Gasteiger partial charge in [-0.05, 0) is 44.4 Å². The van der Waals surface area contributed by atoms with Gasteiger partial charge in [0.25, 0.3) is 0 Å². The van der Waals surface area contributed by atoms with Crippen LogP contribution in [0.5, 0.6) is 0 Å². The Bertz CT molecular complexity index is 624. The third-order valence-electron chi connectivity index (χ3n) is 4.85. The van der Waals surface area contributed by atoms with E-state index in [9.17, 15) is 14.0 Å². The number of rotatable bonds is 3. The maximum absolute atomic E-state index is 13.1. The molecule has 0 N–H and O–H groups in total. The van der Waals surface area contributed by atoms with Gasteiger partial charge in [0.2, 0.25) is 11.8 Å². The van der Waals surface area contributed by atoms with Gasteiger partial charge in [-0.2, -0.15) is 0 Å². The van der Waals surface area contributed by atoms with Gasteiger partial charge in [-0.3, -0.25) is 9.59 Å². The van der Waals surface area contributed by atoms with Gasteiger partial charge in [-0.1, -0.05) is 12.1 Å². The number of hydrogen-bond donors (Lipinski definition) is 0. The van der Waals surface area contributed by atoms with Crippen LogP contribution in [0.4, 0.5) is 4.39 Å². The fourth-order valence-corrected chi connectivity index (χ4v) is 3.73. The zero-order valence-electron chi connectivity index (χ0n) is 14.8. The molecule has 1 aromatic carbocycles. The molecule has 0 saturated carbocycles. The molecule has 25 heavy (non-hydrogen) atoms. The fourth-order valence-electron chi connectivity index (χ4n) is 3.73. The predicted molar refractivity (Wildman–Crippen MR) is 91.2 cm³/mol. The van der Waals surface area contributed by atoms with Gasteiger partial charge in [-0.15, -0.1) is 0 Å². The van der Waals surface area contributed by atoms with E-state index in [0.717, 1.165) is 12.0 Å². The lowest BCUT2D eigenvalue weighted by atomic mass is 9.98. The highest BCUT2D eigenvalue weighted by atomic mass is 19.1. The monoisotopic (exact) mass is 348 g/mol. The normalized spacial score (nSPS) is 27.5. The molecule has 3 rings (SSSR count). The van der Waals surface area contributed by atoms with Crippen molar-refractivity contribution in [3.8, 4) is 0 Å². The summed E-state index contributed by atoms with van der Waals surface area (Å²) in [6, 6.07) is 5.65. The Labute approximate surface area is 147 Å². The van der Waals surface area contributed by atoms with Gasteiger partial charge < -0.3 is 14.5 Å². The van der Waals surface area contributed by atoms with E-state index < -0.39 is 6.04 Å². The van der Waals surface area contributed by atoms with Crippen molar-refractivity contribution < 1.29 is 18.7 Å². The first-order chi connectivity index (χ1) is 11.9. The molecule has 0 bridgehead atoms. The summed E-state index contributed by atoms with van der Waals surface area (Å²) in [4.78, 5) is 29.0. The first kappa shape index (κ1) is 17.9. The van der Waals surface area contributed by atoms with Crippen molar-refractivity contribution in [2.75, 3.05) is 13.1 Å². The molecule has 2 amide bonds. The van der Waals surface area contributed by atoms with Crippen molar-refractivity contribution in [1.82, 2.24) is 9.80 Å². The minimum absolute atomic E-state index is 0.00228. The number of benzene rings is 1. The van der Waals surface area contributed by atoms with Crippen molar-refractivity contribution in [1.29, 1.82) is 0 Å². The third-order valence-corrected chi connectivity index (χ3v) is 4.85. The number of carbonyl (C=O) groups is 2. The van der Waals surface area contributed by atoms with E-state index in [2.05, 4.69) is 0 Å². The Hall–Kier alpha value is -1.95. The van der Waals surface area contributed by atoms with Crippen LogP contribution in [0.1, 0.15) is 38.7 Å². The molecule has 2 heterocycles. The summed E-state index contributed by atoms with van der Waals surface area (Å²) >= 11 is 0. The Morgan fingerprint density at radius 1 is 1.20 bits per heavy atom. The second-order valence-electron chi connectivity index (χ2n) is 7.06. The molecule has 2 aliphatic rings. The van der Waals surface area contributed by atoms with E-state index in [1.165, 1.54) is 12.1 Å². The van der Waals surface area contributed by atoms with E-state index >= 15 is 0 Å². The number of hydrogen-bond acceptors (Lipinski definition) is 3. The standard InChI is InChI=1S/C19H25FN2O3/c1-13-10-21(11-14(2)25-13)19(24)17-4-3-5-18(23)22(17)12-15-6-8-16(20)9-7-15/h6-9,13-14,17H,3-5,10-12H2,1-2H3. The fraction of sp³-hybridized carbons (Fsp3) is 0.579. The summed E-state index contributed by atoms with van der Waals surface area (Å²) in [5.74, 6) is -0.321. The molecule has 5 nitrogen and oxygen atoms in total. The second-order valence-corrected chi connectivity index (χ2v) is 7.06. The highest BCUT2D eigenvalue weighted by Gasteiger charge is 2.37. The summed E-state index contributed by atoms with van der Waals surface area (Å²) in [6.07, 6.45) is 1.85. The van der Waals surface area contributed by atoms with Crippen LogP contribution in [0.3, 0.4) is 0 Å². The number of amides is 2. The van der Waals surface area contributed by atoms with Crippen molar-refractivity contribution in [2.24, 2.45) is 0 Å². The lowest BCUT2D eigenvalue weighted by Crippen LogP contribution is -2.57. The van der Waals surface area contributed by atoms with E-state index in [1.54, 1.807) is 17.0 Å². The van der Waals surface area contributed by atoms with Gasteiger partial charge in [-0.25, -0.2) is 4.39 Å². The van der Waals surface area contributed by atoms with Crippen molar-refractivity contribution in [3.63, 3.8) is 0 Å².